The highest BCUT2D eigenvalue weighted by molar-refractivity contribution is 9.09. The zero-order valence-corrected chi connectivity index (χ0v) is 7.64. The van der Waals surface area contributed by atoms with E-state index in [9.17, 15) is 0 Å². The molecule has 0 fully saturated rings. The van der Waals surface area contributed by atoms with Crippen LogP contribution in [-0.4, -0.2) is 25.3 Å². The normalized spacial score (nSPS) is 14.3. The summed E-state index contributed by atoms with van der Waals surface area (Å²) in [6, 6.07) is 0. The first kappa shape index (κ1) is 9.40. The number of ether oxygens (including phenoxy) is 2. The van der Waals surface area contributed by atoms with Gasteiger partial charge < -0.3 is 9.47 Å². The van der Waals surface area contributed by atoms with Crippen molar-refractivity contribution in [1.29, 1.82) is 0 Å². The first-order chi connectivity index (χ1) is 4.26. The van der Waals surface area contributed by atoms with Crippen LogP contribution >= 0.6 is 15.9 Å². The molecule has 0 N–H and O–H groups in total. The summed E-state index contributed by atoms with van der Waals surface area (Å²) in [6.07, 6.45) is 0.891. The highest BCUT2D eigenvalue weighted by atomic mass is 79.9. The molecule has 2 nitrogen and oxygen atoms in total. The van der Waals surface area contributed by atoms with Crippen molar-refractivity contribution >= 4 is 15.9 Å². The highest BCUT2D eigenvalue weighted by Crippen LogP contribution is 2.12. The van der Waals surface area contributed by atoms with E-state index in [4.69, 9.17) is 9.47 Å². The third kappa shape index (κ3) is 3.18. The van der Waals surface area contributed by atoms with Crippen molar-refractivity contribution < 1.29 is 9.47 Å². The van der Waals surface area contributed by atoms with Gasteiger partial charge in [0.25, 0.3) is 0 Å². The van der Waals surface area contributed by atoms with Gasteiger partial charge in [0.15, 0.2) is 6.29 Å². The predicted molar refractivity (Wildman–Crippen MR) is 40.8 cm³/mol. The lowest BCUT2D eigenvalue weighted by molar-refractivity contribution is -0.100. The summed E-state index contributed by atoms with van der Waals surface area (Å²) >= 11 is 3.41. The van der Waals surface area contributed by atoms with Crippen LogP contribution in [0.15, 0.2) is 0 Å². The molecule has 1 atom stereocenters. The maximum atomic E-state index is 4.98. The Morgan fingerprint density at radius 1 is 1.33 bits per heavy atom. The van der Waals surface area contributed by atoms with Crippen LogP contribution in [0.3, 0.4) is 0 Å². The molecule has 0 saturated carbocycles. The topological polar surface area (TPSA) is 18.5 Å². The van der Waals surface area contributed by atoms with Gasteiger partial charge in [0.05, 0.1) is 4.83 Å². The number of hydrogen-bond donors (Lipinski definition) is 0. The minimum atomic E-state index is -0.116. The van der Waals surface area contributed by atoms with Crippen LogP contribution in [0.5, 0.6) is 0 Å². The molecular formula is C6H13BrO2. The van der Waals surface area contributed by atoms with E-state index in [1.165, 1.54) is 0 Å². The Balaban J connectivity index is 3.50. The van der Waals surface area contributed by atoms with Gasteiger partial charge in [0.1, 0.15) is 0 Å². The van der Waals surface area contributed by atoms with Crippen molar-refractivity contribution in [2.24, 2.45) is 0 Å². The quantitative estimate of drug-likeness (QED) is 0.505. The summed E-state index contributed by atoms with van der Waals surface area (Å²) < 4.78 is 9.97. The molecule has 0 bridgehead atoms. The Hall–Kier alpha value is 0.400. The van der Waals surface area contributed by atoms with Crippen LogP contribution in [0.1, 0.15) is 13.3 Å². The molecule has 0 aromatic heterocycles. The number of rotatable bonds is 4. The van der Waals surface area contributed by atoms with E-state index in [1.807, 2.05) is 0 Å². The van der Waals surface area contributed by atoms with Gasteiger partial charge in [-0.1, -0.05) is 22.9 Å². The van der Waals surface area contributed by atoms with Crippen molar-refractivity contribution in [1.82, 2.24) is 0 Å². The Morgan fingerprint density at radius 2 is 1.78 bits per heavy atom. The van der Waals surface area contributed by atoms with Crippen molar-refractivity contribution in [2.75, 3.05) is 14.2 Å². The standard InChI is InChI=1S/C6H13BrO2/c1-4-5(7)6(8-2)9-3/h5-6H,4H2,1-3H3. The van der Waals surface area contributed by atoms with Crippen LogP contribution < -0.4 is 0 Å². The van der Waals surface area contributed by atoms with Gasteiger partial charge in [0.2, 0.25) is 0 Å². The molecule has 0 rings (SSSR count). The first-order valence-electron chi connectivity index (χ1n) is 2.95. The summed E-state index contributed by atoms with van der Waals surface area (Å²) in [7, 11) is 3.27. The largest absolute Gasteiger partial charge is 0.355 e. The molecule has 0 aliphatic heterocycles. The molecular weight excluding hydrogens is 184 g/mol. The van der Waals surface area contributed by atoms with Gasteiger partial charge in [-0.15, -0.1) is 0 Å². The Kier molecular flexibility index (Phi) is 5.44. The zero-order valence-electron chi connectivity index (χ0n) is 6.06. The molecule has 0 heterocycles. The van der Waals surface area contributed by atoms with Crippen molar-refractivity contribution in [3.8, 4) is 0 Å². The van der Waals surface area contributed by atoms with E-state index in [2.05, 4.69) is 22.9 Å². The molecule has 0 aromatic carbocycles. The summed E-state index contributed by atoms with van der Waals surface area (Å²) in [5, 5.41) is 0. The fourth-order valence-corrected chi connectivity index (χ4v) is 1.02. The lowest BCUT2D eigenvalue weighted by atomic mass is 10.3. The van der Waals surface area contributed by atoms with Crippen LogP contribution in [0.2, 0.25) is 0 Å². The fraction of sp³-hybridized carbons (Fsp3) is 1.00. The molecule has 0 aliphatic carbocycles. The van der Waals surface area contributed by atoms with Crippen molar-refractivity contribution in [2.45, 2.75) is 24.5 Å². The van der Waals surface area contributed by atoms with Crippen LogP contribution in [0, 0.1) is 0 Å². The third-order valence-corrected chi connectivity index (χ3v) is 2.23. The van der Waals surface area contributed by atoms with Gasteiger partial charge >= 0.3 is 0 Å². The molecule has 0 aliphatic rings. The molecule has 1 unspecified atom stereocenters. The molecule has 0 radical (unpaired) electrons. The smallest absolute Gasteiger partial charge is 0.169 e. The zero-order chi connectivity index (χ0) is 7.28. The second kappa shape index (κ2) is 5.21. The first-order valence-corrected chi connectivity index (χ1v) is 3.87. The Bertz CT molecular complexity index is 64.1. The summed E-state index contributed by atoms with van der Waals surface area (Å²) in [5.41, 5.74) is 0. The van der Waals surface area contributed by atoms with Gasteiger partial charge in [0, 0.05) is 14.2 Å². The van der Waals surface area contributed by atoms with Gasteiger partial charge in [-0.05, 0) is 6.42 Å². The second-order valence-electron chi connectivity index (χ2n) is 1.76. The lowest BCUT2D eigenvalue weighted by Gasteiger charge is -2.17. The third-order valence-electron chi connectivity index (χ3n) is 1.15. The monoisotopic (exact) mass is 196 g/mol. The minimum Gasteiger partial charge on any atom is -0.355 e. The van der Waals surface area contributed by atoms with E-state index in [1.54, 1.807) is 14.2 Å². The van der Waals surface area contributed by atoms with Crippen LogP contribution in [-0.2, 0) is 9.47 Å². The van der Waals surface area contributed by atoms with E-state index >= 15 is 0 Å². The average Bonchev–Trinajstić information content (AvgIpc) is 1.90. The molecule has 0 aromatic rings. The van der Waals surface area contributed by atoms with Crippen LogP contribution in [0.4, 0.5) is 0 Å². The minimum absolute atomic E-state index is 0.116. The number of alkyl halides is 1. The number of hydrogen-bond acceptors (Lipinski definition) is 2. The number of halogens is 1. The maximum Gasteiger partial charge on any atom is 0.169 e. The lowest BCUT2D eigenvalue weighted by Crippen LogP contribution is -2.23. The molecule has 9 heavy (non-hydrogen) atoms. The number of methoxy groups -OCH3 is 2. The molecule has 0 saturated heterocycles. The molecule has 0 spiro atoms. The molecule has 56 valence electrons. The summed E-state index contributed by atoms with van der Waals surface area (Å²) in [5.74, 6) is 0. The predicted octanol–water partition coefficient (Wildman–Crippen LogP) is 1.78. The van der Waals surface area contributed by atoms with E-state index in [0.717, 1.165) is 6.42 Å². The van der Waals surface area contributed by atoms with E-state index in [0.29, 0.717) is 4.83 Å². The Morgan fingerprint density at radius 3 is 1.89 bits per heavy atom. The van der Waals surface area contributed by atoms with Gasteiger partial charge in [-0.3, -0.25) is 0 Å². The second-order valence-corrected chi connectivity index (χ2v) is 2.94. The van der Waals surface area contributed by atoms with Crippen LogP contribution in [0.25, 0.3) is 0 Å². The van der Waals surface area contributed by atoms with Crippen molar-refractivity contribution in [3.05, 3.63) is 0 Å². The Labute approximate surface area is 64.7 Å². The maximum absolute atomic E-state index is 4.98. The average molecular weight is 197 g/mol. The SMILES string of the molecule is CCC(Br)C(OC)OC. The molecule has 3 heteroatoms. The van der Waals surface area contributed by atoms with Gasteiger partial charge in [-0.25, -0.2) is 0 Å². The molecule has 0 amide bonds. The van der Waals surface area contributed by atoms with E-state index < -0.39 is 0 Å². The van der Waals surface area contributed by atoms with E-state index in [-0.39, 0.29) is 6.29 Å². The highest BCUT2D eigenvalue weighted by Gasteiger charge is 2.14. The van der Waals surface area contributed by atoms with Gasteiger partial charge in [-0.2, -0.15) is 0 Å². The summed E-state index contributed by atoms with van der Waals surface area (Å²) in [6.45, 7) is 2.07. The van der Waals surface area contributed by atoms with Crippen molar-refractivity contribution in [3.63, 3.8) is 0 Å². The fourth-order valence-electron chi connectivity index (χ4n) is 0.584. The summed E-state index contributed by atoms with van der Waals surface area (Å²) in [4.78, 5) is 0.299.